The lowest BCUT2D eigenvalue weighted by Gasteiger charge is -2.43. The first-order valence-electron chi connectivity index (χ1n) is 12.2. The van der Waals surface area contributed by atoms with E-state index in [9.17, 15) is 9.59 Å². The minimum absolute atomic E-state index is 0.0617. The Kier molecular flexibility index (Phi) is 6.94. The molecule has 1 fully saturated rings. The number of pyridine rings is 1. The van der Waals surface area contributed by atoms with Gasteiger partial charge in [-0.3, -0.25) is 9.59 Å². The van der Waals surface area contributed by atoms with Crippen LogP contribution in [0.3, 0.4) is 0 Å². The summed E-state index contributed by atoms with van der Waals surface area (Å²) in [5.41, 5.74) is 3.13. The molecule has 0 N–H and O–H groups in total. The number of aromatic nitrogens is 1. The fourth-order valence-electron chi connectivity index (χ4n) is 5.17. The van der Waals surface area contributed by atoms with Crippen LogP contribution >= 0.6 is 11.6 Å². The number of ether oxygens (including phenoxy) is 1. The average Bonchev–Trinajstić information content (AvgIpc) is 2.90. The molecule has 2 aromatic carbocycles. The highest BCUT2D eigenvalue weighted by molar-refractivity contribution is 6.30. The Morgan fingerprint density at radius 2 is 1.78 bits per heavy atom. The Hall–Kier alpha value is -3.42. The van der Waals surface area contributed by atoms with Crippen LogP contribution in [0.4, 0.5) is 17.2 Å². The molecule has 2 aliphatic rings. The number of fused-ring (bicyclic) bond motifs is 1. The number of hydrogen-bond donors (Lipinski definition) is 0. The number of morpholine rings is 1. The largest absolute Gasteiger partial charge is 0.378 e. The topological polar surface area (TPSA) is 66.0 Å². The lowest BCUT2D eigenvalue weighted by atomic mass is 9.89. The number of anilines is 3. The van der Waals surface area contributed by atoms with Crippen molar-refractivity contribution < 1.29 is 14.3 Å². The number of amides is 2. The molecule has 0 spiro atoms. The lowest BCUT2D eigenvalue weighted by molar-refractivity contribution is -0.117. The zero-order valence-electron chi connectivity index (χ0n) is 20.4. The smallest absolute Gasteiger partial charge is 0.258 e. The van der Waals surface area contributed by atoms with E-state index in [-0.39, 0.29) is 23.9 Å². The van der Waals surface area contributed by atoms with E-state index in [1.807, 2.05) is 54.3 Å². The van der Waals surface area contributed by atoms with Gasteiger partial charge in [-0.15, -0.1) is 0 Å². The molecule has 0 unspecified atom stereocenters. The molecule has 3 aromatic rings. The van der Waals surface area contributed by atoms with Gasteiger partial charge in [0.25, 0.3) is 5.91 Å². The van der Waals surface area contributed by atoms with E-state index in [4.69, 9.17) is 16.3 Å². The van der Waals surface area contributed by atoms with E-state index >= 15 is 0 Å². The van der Waals surface area contributed by atoms with Gasteiger partial charge in [0.1, 0.15) is 5.82 Å². The molecule has 2 aliphatic heterocycles. The number of nitrogens with zero attached hydrogens (tertiary/aromatic N) is 4. The summed E-state index contributed by atoms with van der Waals surface area (Å²) < 4.78 is 5.45. The van der Waals surface area contributed by atoms with Crippen LogP contribution in [-0.4, -0.2) is 49.1 Å². The third-order valence-electron chi connectivity index (χ3n) is 6.86. The highest BCUT2D eigenvalue weighted by atomic mass is 35.5. The number of hydrogen-bond acceptors (Lipinski definition) is 5. The van der Waals surface area contributed by atoms with Gasteiger partial charge in [-0.05, 0) is 61.4 Å². The third kappa shape index (κ3) is 4.68. The molecule has 0 aliphatic carbocycles. The van der Waals surface area contributed by atoms with Crippen LogP contribution in [-0.2, 0) is 9.53 Å². The number of halogens is 1. The zero-order valence-corrected chi connectivity index (χ0v) is 21.2. The fourth-order valence-corrected chi connectivity index (χ4v) is 5.30. The normalized spacial score (nSPS) is 19.5. The molecule has 1 saturated heterocycles. The maximum atomic E-state index is 13.9. The maximum Gasteiger partial charge on any atom is 0.258 e. The number of carbonyl (C=O) groups excluding carboxylic acids is 2. The molecule has 0 radical (unpaired) electrons. The van der Waals surface area contributed by atoms with Crippen molar-refractivity contribution in [3.63, 3.8) is 0 Å². The number of benzene rings is 2. The van der Waals surface area contributed by atoms with Crippen LogP contribution in [0.2, 0.25) is 5.02 Å². The number of rotatable bonds is 4. The lowest BCUT2D eigenvalue weighted by Crippen LogP contribution is -2.47. The van der Waals surface area contributed by atoms with Crippen LogP contribution in [0.25, 0.3) is 0 Å². The van der Waals surface area contributed by atoms with Crippen molar-refractivity contribution in [3.05, 3.63) is 83.0 Å². The van der Waals surface area contributed by atoms with E-state index in [0.29, 0.717) is 30.2 Å². The van der Waals surface area contributed by atoms with Gasteiger partial charge in [0.05, 0.1) is 19.3 Å². The van der Waals surface area contributed by atoms with Crippen molar-refractivity contribution >= 4 is 40.6 Å². The van der Waals surface area contributed by atoms with Gasteiger partial charge in [0.15, 0.2) is 0 Å². The Bertz CT molecular complexity index is 1260. The van der Waals surface area contributed by atoms with Gasteiger partial charge in [-0.25, -0.2) is 4.98 Å². The van der Waals surface area contributed by atoms with E-state index in [2.05, 4.69) is 9.88 Å². The van der Waals surface area contributed by atoms with Crippen LogP contribution < -0.4 is 14.7 Å². The van der Waals surface area contributed by atoms with Gasteiger partial charge < -0.3 is 19.4 Å². The van der Waals surface area contributed by atoms with Crippen LogP contribution in [0, 0.1) is 0 Å². The van der Waals surface area contributed by atoms with Gasteiger partial charge >= 0.3 is 0 Å². The van der Waals surface area contributed by atoms with Crippen molar-refractivity contribution in [2.75, 3.05) is 41.0 Å². The van der Waals surface area contributed by atoms with Crippen LogP contribution in [0.5, 0.6) is 0 Å². The predicted octanol–water partition coefficient (Wildman–Crippen LogP) is 5.10. The van der Waals surface area contributed by atoms with Gasteiger partial charge in [0, 0.05) is 54.2 Å². The maximum absolute atomic E-state index is 13.9. The molecule has 0 saturated carbocycles. The van der Waals surface area contributed by atoms with Crippen molar-refractivity contribution in [2.24, 2.45) is 0 Å². The predicted molar refractivity (Wildman–Crippen MR) is 142 cm³/mol. The summed E-state index contributed by atoms with van der Waals surface area (Å²) in [5.74, 6) is 0.644. The molecule has 36 heavy (non-hydrogen) atoms. The second-order valence-electron chi connectivity index (χ2n) is 9.20. The first-order chi connectivity index (χ1) is 17.4. The summed E-state index contributed by atoms with van der Waals surface area (Å²) in [6.07, 6.45) is 2.30. The quantitative estimate of drug-likeness (QED) is 0.494. The van der Waals surface area contributed by atoms with E-state index in [1.165, 1.54) is 0 Å². The SMILES string of the molecule is CC(=O)N(c1ccc(Cl)cc1)[C@@H]1C[C@H](C)N(C(=O)c2ccnc(N3CCOCC3)c2)c2ccccc21. The van der Waals surface area contributed by atoms with Crippen molar-refractivity contribution in [3.8, 4) is 0 Å². The minimum atomic E-state index is -0.208. The molecule has 2 amide bonds. The van der Waals surface area contributed by atoms with Crippen LogP contribution in [0.15, 0.2) is 66.9 Å². The molecule has 5 rings (SSSR count). The summed E-state index contributed by atoms with van der Waals surface area (Å²) in [7, 11) is 0. The monoisotopic (exact) mass is 504 g/mol. The molecular weight excluding hydrogens is 476 g/mol. The highest BCUT2D eigenvalue weighted by Gasteiger charge is 2.38. The molecule has 7 nitrogen and oxygen atoms in total. The van der Waals surface area contributed by atoms with Crippen LogP contribution in [0.1, 0.15) is 42.2 Å². The Labute approximate surface area is 216 Å². The first-order valence-corrected chi connectivity index (χ1v) is 12.6. The summed E-state index contributed by atoms with van der Waals surface area (Å²) in [4.78, 5) is 37.0. The molecule has 186 valence electrons. The molecule has 0 bridgehead atoms. The van der Waals surface area contributed by atoms with E-state index < -0.39 is 0 Å². The first kappa shape index (κ1) is 24.3. The summed E-state index contributed by atoms with van der Waals surface area (Å²) in [6.45, 7) is 6.41. The number of para-hydroxylation sites is 1. The van der Waals surface area contributed by atoms with Crippen molar-refractivity contribution in [2.45, 2.75) is 32.4 Å². The number of carbonyl (C=O) groups is 2. The van der Waals surface area contributed by atoms with Crippen molar-refractivity contribution in [1.82, 2.24) is 4.98 Å². The summed E-state index contributed by atoms with van der Waals surface area (Å²) in [5, 5.41) is 0.616. The van der Waals surface area contributed by atoms with Crippen molar-refractivity contribution in [1.29, 1.82) is 0 Å². The third-order valence-corrected chi connectivity index (χ3v) is 7.11. The standard InChI is InChI=1S/C28H29ClN4O3/c1-19-17-26(33(20(2)34)23-9-7-22(29)8-10-23)24-5-3-4-6-25(24)32(19)28(35)21-11-12-30-27(18-21)31-13-15-36-16-14-31/h3-12,18-19,26H,13-17H2,1-2H3/t19-,26+/m0/s1. The van der Waals surface area contributed by atoms with Gasteiger partial charge in [0.2, 0.25) is 5.91 Å². The van der Waals surface area contributed by atoms with E-state index in [1.54, 1.807) is 36.2 Å². The Morgan fingerprint density at radius 3 is 2.50 bits per heavy atom. The molecule has 1 aromatic heterocycles. The molecule has 8 heteroatoms. The summed E-state index contributed by atoms with van der Waals surface area (Å²) in [6, 6.07) is 18.4. The minimum Gasteiger partial charge on any atom is -0.378 e. The van der Waals surface area contributed by atoms with Gasteiger partial charge in [-0.1, -0.05) is 29.8 Å². The fraction of sp³-hybridized carbons (Fsp3) is 0.321. The highest BCUT2D eigenvalue weighted by Crippen LogP contribution is 2.43. The Morgan fingerprint density at radius 1 is 1.06 bits per heavy atom. The average molecular weight is 505 g/mol. The van der Waals surface area contributed by atoms with Gasteiger partial charge in [-0.2, -0.15) is 0 Å². The summed E-state index contributed by atoms with van der Waals surface area (Å²) >= 11 is 6.10. The zero-order chi connectivity index (χ0) is 25.2. The van der Waals surface area contributed by atoms with E-state index in [0.717, 1.165) is 35.8 Å². The Balaban J connectivity index is 1.50. The molecular formula is C28H29ClN4O3. The molecule has 3 heterocycles. The second kappa shape index (κ2) is 10.3. The second-order valence-corrected chi connectivity index (χ2v) is 9.64. The molecule has 2 atom stereocenters.